The van der Waals surface area contributed by atoms with Crippen LogP contribution in [0, 0.1) is 0 Å². The molecule has 0 radical (unpaired) electrons. The van der Waals surface area contributed by atoms with Crippen LogP contribution in [0.25, 0.3) is 11.4 Å². The minimum Gasteiger partial charge on any atom is -0.422 e. The van der Waals surface area contributed by atoms with Gasteiger partial charge in [-0.2, -0.15) is 0 Å². The van der Waals surface area contributed by atoms with E-state index in [2.05, 4.69) is 37.7 Å². The number of benzene rings is 2. The summed E-state index contributed by atoms with van der Waals surface area (Å²) in [4.78, 5) is 20.3. The lowest BCUT2D eigenvalue weighted by Gasteiger charge is -2.19. The van der Waals surface area contributed by atoms with Gasteiger partial charge in [-0.1, -0.05) is 64.1 Å². The summed E-state index contributed by atoms with van der Waals surface area (Å²) in [5, 5.41) is 0. The number of nitrogens with one attached hydrogen (secondary N) is 1. The van der Waals surface area contributed by atoms with Gasteiger partial charge in [0.2, 0.25) is 0 Å². The Labute approximate surface area is 154 Å². The predicted molar refractivity (Wildman–Crippen MR) is 104 cm³/mol. The standard InChI is InChI=1S/C22H24N2O2/c1-14(2)16-10-7-11-17(15(3)4)20(16)26-22(25)19-9-6-5-8-18(19)21-23-12-13-24-21/h5-15H,1-4H3,(H,23,24). The molecule has 2 aromatic carbocycles. The highest BCUT2D eigenvalue weighted by Gasteiger charge is 2.21. The Hall–Kier alpha value is -2.88. The molecule has 0 aliphatic rings. The maximum atomic E-state index is 13.0. The number of aromatic nitrogens is 2. The molecular formula is C22H24N2O2. The predicted octanol–water partition coefficient (Wildman–Crippen LogP) is 5.54. The molecule has 3 rings (SSSR count). The highest BCUT2D eigenvalue weighted by Crippen LogP contribution is 2.35. The Kier molecular flexibility index (Phi) is 5.21. The Morgan fingerprint density at radius 1 is 0.962 bits per heavy atom. The minimum atomic E-state index is -0.369. The van der Waals surface area contributed by atoms with Crippen LogP contribution in [-0.4, -0.2) is 15.9 Å². The number of H-pyrrole nitrogens is 1. The monoisotopic (exact) mass is 348 g/mol. The van der Waals surface area contributed by atoms with E-state index in [0.29, 0.717) is 17.1 Å². The largest absolute Gasteiger partial charge is 0.422 e. The topological polar surface area (TPSA) is 55.0 Å². The van der Waals surface area contributed by atoms with Crippen LogP contribution in [0.5, 0.6) is 5.75 Å². The Morgan fingerprint density at radius 3 is 2.19 bits per heavy atom. The van der Waals surface area contributed by atoms with Gasteiger partial charge < -0.3 is 9.72 Å². The van der Waals surface area contributed by atoms with Gasteiger partial charge in [0.15, 0.2) is 0 Å². The van der Waals surface area contributed by atoms with Crippen LogP contribution < -0.4 is 4.74 Å². The minimum absolute atomic E-state index is 0.261. The maximum absolute atomic E-state index is 13.0. The third-order valence-corrected chi connectivity index (χ3v) is 4.42. The molecule has 0 bridgehead atoms. The molecule has 0 amide bonds. The van der Waals surface area contributed by atoms with Crippen LogP contribution in [0.1, 0.15) is 61.0 Å². The van der Waals surface area contributed by atoms with Gasteiger partial charge >= 0.3 is 5.97 Å². The molecule has 0 aliphatic heterocycles. The van der Waals surface area contributed by atoms with E-state index in [-0.39, 0.29) is 17.8 Å². The van der Waals surface area contributed by atoms with Crippen LogP contribution in [0.3, 0.4) is 0 Å². The number of esters is 1. The van der Waals surface area contributed by atoms with Gasteiger partial charge in [0.25, 0.3) is 0 Å². The highest BCUT2D eigenvalue weighted by molar-refractivity contribution is 5.97. The van der Waals surface area contributed by atoms with Crippen molar-refractivity contribution in [1.82, 2.24) is 9.97 Å². The average molecular weight is 348 g/mol. The van der Waals surface area contributed by atoms with Crippen LogP contribution in [-0.2, 0) is 0 Å². The summed E-state index contributed by atoms with van der Waals surface area (Å²) in [6.07, 6.45) is 3.41. The number of carbonyl (C=O) groups is 1. The number of hydrogen-bond acceptors (Lipinski definition) is 3. The summed E-state index contributed by atoms with van der Waals surface area (Å²) in [5.41, 5.74) is 3.31. The van der Waals surface area contributed by atoms with E-state index in [0.717, 1.165) is 16.7 Å². The zero-order valence-electron chi connectivity index (χ0n) is 15.6. The maximum Gasteiger partial charge on any atom is 0.344 e. The molecule has 0 spiro atoms. The molecule has 26 heavy (non-hydrogen) atoms. The van der Waals surface area contributed by atoms with E-state index >= 15 is 0 Å². The Bertz CT molecular complexity index is 870. The SMILES string of the molecule is CC(C)c1cccc(C(C)C)c1OC(=O)c1ccccc1-c1ncc[nH]1. The third-order valence-electron chi connectivity index (χ3n) is 4.42. The van der Waals surface area contributed by atoms with Crippen molar-refractivity contribution in [2.75, 3.05) is 0 Å². The molecule has 0 atom stereocenters. The van der Waals surface area contributed by atoms with E-state index in [1.54, 1.807) is 18.5 Å². The number of rotatable bonds is 5. The molecule has 0 unspecified atom stereocenters. The van der Waals surface area contributed by atoms with Crippen LogP contribution >= 0.6 is 0 Å². The molecule has 4 nitrogen and oxygen atoms in total. The molecule has 3 aromatic rings. The third kappa shape index (κ3) is 3.54. The van der Waals surface area contributed by atoms with Gasteiger partial charge in [-0.3, -0.25) is 0 Å². The van der Waals surface area contributed by atoms with Crippen molar-refractivity contribution in [2.45, 2.75) is 39.5 Å². The lowest BCUT2D eigenvalue weighted by atomic mass is 9.94. The van der Waals surface area contributed by atoms with Gasteiger partial charge in [0.1, 0.15) is 11.6 Å². The van der Waals surface area contributed by atoms with Gasteiger partial charge in [-0.15, -0.1) is 0 Å². The first kappa shape index (κ1) is 17.9. The number of carbonyl (C=O) groups excluding carboxylic acids is 1. The van der Waals surface area contributed by atoms with Crippen molar-refractivity contribution in [3.63, 3.8) is 0 Å². The lowest BCUT2D eigenvalue weighted by molar-refractivity contribution is 0.0731. The number of imidazole rings is 1. The summed E-state index contributed by atoms with van der Waals surface area (Å²) in [6, 6.07) is 13.4. The Balaban J connectivity index is 2.02. The summed E-state index contributed by atoms with van der Waals surface area (Å²) in [6.45, 7) is 8.42. The van der Waals surface area contributed by atoms with Crippen LogP contribution in [0.15, 0.2) is 54.9 Å². The van der Waals surface area contributed by atoms with E-state index in [4.69, 9.17) is 4.74 Å². The molecule has 0 fully saturated rings. The summed E-state index contributed by atoms with van der Waals surface area (Å²) < 4.78 is 5.94. The second-order valence-corrected chi connectivity index (χ2v) is 6.95. The molecule has 0 saturated heterocycles. The Morgan fingerprint density at radius 2 is 1.62 bits per heavy atom. The molecule has 134 valence electrons. The van der Waals surface area contributed by atoms with Crippen molar-refractivity contribution in [3.05, 3.63) is 71.5 Å². The molecule has 0 saturated carbocycles. The first-order valence-electron chi connectivity index (χ1n) is 8.92. The fourth-order valence-electron chi connectivity index (χ4n) is 3.03. The molecule has 0 aliphatic carbocycles. The molecule has 4 heteroatoms. The molecular weight excluding hydrogens is 324 g/mol. The summed E-state index contributed by atoms with van der Waals surface area (Å²) in [5.74, 6) is 1.48. The van der Waals surface area contributed by atoms with Crippen molar-refractivity contribution < 1.29 is 9.53 Å². The quantitative estimate of drug-likeness (QED) is 0.486. The zero-order chi connectivity index (χ0) is 18.7. The summed E-state index contributed by atoms with van der Waals surface area (Å²) >= 11 is 0. The van der Waals surface area contributed by atoms with Gasteiger partial charge in [0.05, 0.1) is 5.56 Å². The van der Waals surface area contributed by atoms with E-state index in [9.17, 15) is 4.79 Å². The number of para-hydroxylation sites is 1. The van der Waals surface area contributed by atoms with Gasteiger partial charge in [0, 0.05) is 18.0 Å². The van der Waals surface area contributed by atoms with Crippen molar-refractivity contribution in [1.29, 1.82) is 0 Å². The molecule has 1 aromatic heterocycles. The number of aromatic amines is 1. The van der Waals surface area contributed by atoms with Gasteiger partial charge in [-0.25, -0.2) is 9.78 Å². The first-order valence-corrected chi connectivity index (χ1v) is 8.92. The number of ether oxygens (including phenoxy) is 1. The average Bonchev–Trinajstić information content (AvgIpc) is 3.16. The van der Waals surface area contributed by atoms with Crippen molar-refractivity contribution in [3.8, 4) is 17.1 Å². The summed E-state index contributed by atoms with van der Waals surface area (Å²) in [7, 11) is 0. The first-order chi connectivity index (χ1) is 12.5. The van der Waals surface area contributed by atoms with Crippen LogP contribution in [0.2, 0.25) is 0 Å². The van der Waals surface area contributed by atoms with E-state index < -0.39 is 0 Å². The molecule has 1 N–H and O–H groups in total. The van der Waals surface area contributed by atoms with Crippen LogP contribution in [0.4, 0.5) is 0 Å². The second kappa shape index (κ2) is 7.56. The normalized spacial score (nSPS) is 11.2. The number of nitrogens with zero attached hydrogens (tertiary/aromatic N) is 1. The van der Waals surface area contributed by atoms with Crippen molar-refractivity contribution >= 4 is 5.97 Å². The fraction of sp³-hybridized carbons (Fsp3) is 0.273. The highest BCUT2D eigenvalue weighted by atomic mass is 16.5. The van der Waals surface area contributed by atoms with E-state index in [1.165, 1.54) is 0 Å². The zero-order valence-corrected chi connectivity index (χ0v) is 15.6. The second-order valence-electron chi connectivity index (χ2n) is 6.95. The van der Waals surface area contributed by atoms with Crippen molar-refractivity contribution in [2.24, 2.45) is 0 Å². The fourth-order valence-corrected chi connectivity index (χ4v) is 3.03. The number of hydrogen-bond donors (Lipinski definition) is 1. The lowest BCUT2D eigenvalue weighted by Crippen LogP contribution is -2.13. The molecule has 1 heterocycles. The van der Waals surface area contributed by atoms with E-state index in [1.807, 2.05) is 36.4 Å². The smallest absolute Gasteiger partial charge is 0.344 e. The van der Waals surface area contributed by atoms with Gasteiger partial charge in [-0.05, 0) is 29.0 Å².